The van der Waals surface area contributed by atoms with Gasteiger partial charge in [-0.2, -0.15) is 0 Å². The molecule has 0 saturated heterocycles. The fourth-order valence-corrected chi connectivity index (χ4v) is 3.64. The molecule has 3 nitrogen and oxygen atoms in total. The number of carbonyl (C=O) groups is 1. The Kier molecular flexibility index (Phi) is 5.76. The molecule has 5 heteroatoms. The van der Waals surface area contributed by atoms with Gasteiger partial charge in [-0.25, -0.2) is 0 Å². The highest BCUT2D eigenvalue weighted by Crippen LogP contribution is 2.16. The maximum Gasteiger partial charge on any atom is 0.234 e. The van der Waals surface area contributed by atoms with Crippen molar-refractivity contribution in [2.24, 2.45) is 0 Å². The lowest BCUT2D eigenvalue weighted by atomic mass is 10.3. The highest BCUT2D eigenvalue weighted by Gasteiger charge is 2.09. The summed E-state index contributed by atoms with van der Waals surface area (Å²) in [4.78, 5) is 16.5. The first-order valence-electron chi connectivity index (χ1n) is 6.66. The lowest BCUT2D eigenvalue weighted by Gasteiger charge is -2.15. The molecule has 0 aliphatic heterocycles. The third-order valence-corrected chi connectivity index (χ3v) is 5.01. The minimum absolute atomic E-state index is 0.0956. The van der Waals surface area contributed by atoms with Crippen molar-refractivity contribution in [3.63, 3.8) is 0 Å². The van der Waals surface area contributed by atoms with E-state index in [4.69, 9.17) is 0 Å². The van der Waals surface area contributed by atoms with E-state index in [9.17, 15) is 4.79 Å². The van der Waals surface area contributed by atoms with E-state index in [1.807, 2.05) is 13.1 Å². The zero-order valence-electron chi connectivity index (χ0n) is 11.9. The number of aryl methyl sites for hydroxylation is 1. The Hall–Kier alpha value is -1.17. The molecule has 2 rings (SSSR count). The Morgan fingerprint density at radius 1 is 1.30 bits per heavy atom. The Morgan fingerprint density at radius 3 is 2.80 bits per heavy atom. The number of likely N-dealkylation sites (N-methyl/N-ethyl adjacent to an activating group) is 1. The van der Waals surface area contributed by atoms with Crippen molar-refractivity contribution in [1.82, 2.24) is 10.2 Å². The molecular formula is C15H20N2OS2. The monoisotopic (exact) mass is 308 g/mol. The molecule has 0 unspecified atom stereocenters. The van der Waals surface area contributed by atoms with Gasteiger partial charge in [0.2, 0.25) is 5.91 Å². The fraction of sp³-hybridized carbons (Fsp3) is 0.400. The lowest BCUT2D eigenvalue weighted by molar-refractivity contribution is -0.122. The van der Waals surface area contributed by atoms with Crippen molar-refractivity contribution < 1.29 is 4.79 Å². The van der Waals surface area contributed by atoms with E-state index in [2.05, 4.69) is 40.0 Å². The van der Waals surface area contributed by atoms with Crippen LogP contribution in [0.4, 0.5) is 0 Å². The number of nitrogens with zero attached hydrogens (tertiary/aromatic N) is 1. The molecule has 108 valence electrons. The Morgan fingerprint density at radius 2 is 2.15 bits per heavy atom. The molecule has 0 spiro atoms. The van der Waals surface area contributed by atoms with Crippen molar-refractivity contribution in [3.8, 4) is 0 Å². The smallest absolute Gasteiger partial charge is 0.234 e. The van der Waals surface area contributed by atoms with Gasteiger partial charge in [0, 0.05) is 22.8 Å². The zero-order valence-corrected chi connectivity index (χ0v) is 13.5. The summed E-state index contributed by atoms with van der Waals surface area (Å²) in [6.07, 6.45) is 0.914. The molecule has 0 fully saturated rings. The molecule has 0 saturated carbocycles. The summed E-state index contributed by atoms with van der Waals surface area (Å²) < 4.78 is 0. The maximum absolute atomic E-state index is 11.8. The summed E-state index contributed by atoms with van der Waals surface area (Å²) in [7, 11) is 1.98. The van der Waals surface area contributed by atoms with E-state index in [-0.39, 0.29) is 5.91 Å². The quantitative estimate of drug-likeness (QED) is 0.853. The predicted molar refractivity (Wildman–Crippen MR) is 86.4 cm³/mol. The molecule has 0 atom stereocenters. The summed E-state index contributed by atoms with van der Waals surface area (Å²) >= 11 is 3.48. The molecule has 2 aromatic rings. The molecule has 0 aliphatic rings. The van der Waals surface area contributed by atoms with E-state index in [0.717, 1.165) is 13.0 Å². The number of hydrogen-bond donors (Lipinski definition) is 1. The van der Waals surface area contributed by atoms with E-state index in [1.54, 1.807) is 22.7 Å². The van der Waals surface area contributed by atoms with Crippen LogP contribution < -0.4 is 5.32 Å². The minimum atomic E-state index is 0.0956. The Labute approximate surface area is 128 Å². The first-order valence-corrected chi connectivity index (χ1v) is 8.41. The van der Waals surface area contributed by atoms with Gasteiger partial charge in [-0.15, -0.1) is 22.7 Å². The normalized spacial score (nSPS) is 10.9. The van der Waals surface area contributed by atoms with Gasteiger partial charge in [0.05, 0.1) is 6.54 Å². The topological polar surface area (TPSA) is 32.3 Å². The van der Waals surface area contributed by atoms with Gasteiger partial charge in [0.25, 0.3) is 0 Å². The van der Waals surface area contributed by atoms with Gasteiger partial charge in [-0.1, -0.05) is 6.07 Å². The fourth-order valence-electron chi connectivity index (χ4n) is 1.95. The number of nitrogens with one attached hydrogen (secondary N) is 1. The van der Waals surface area contributed by atoms with Gasteiger partial charge in [0.15, 0.2) is 0 Å². The average molecular weight is 308 g/mol. The second kappa shape index (κ2) is 7.57. The van der Waals surface area contributed by atoms with Gasteiger partial charge >= 0.3 is 0 Å². The lowest BCUT2D eigenvalue weighted by Crippen LogP contribution is -2.35. The SMILES string of the molecule is Cc1ccsc1CN(C)CC(=O)NCCc1cccs1. The molecule has 1 N–H and O–H groups in total. The van der Waals surface area contributed by atoms with Crippen molar-refractivity contribution in [2.75, 3.05) is 20.1 Å². The van der Waals surface area contributed by atoms with Gasteiger partial charge in [0.1, 0.15) is 0 Å². The van der Waals surface area contributed by atoms with Crippen LogP contribution in [-0.4, -0.2) is 30.9 Å². The highest BCUT2D eigenvalue weighted by molar-refractivity contribution is 7.10. The standard InChI is InChI=1S/C15H20N2OS2/c1-12-6-9-20-14(12)10-17(2)11-15(18)16-7-5-13-4-3-8-19-13/h3-4,6,8-9H,5,7,10-11H2,1-2H3,(H,16,18). The average Bonchev–Trinajstić information content (AvgIpc) is 3.02. The summed E-state index contributed by atoms with van der Waals surface area (Å²) in [6, 6.07) is 6.26. The van der Waals surface area contributed by atoms with Gasteiger partial charge in [-0.3, -0.25) is 9.69 Å². The summed E-state index contributed by atoms with van der Waals surface area (Å²) in [6.45, 7) is 4.11. The van der Waals surface area contributed by atoms with Crippen LogP contribution in [0.3, 0.4) is 0 Å². The minimum Gasteiger partial charge on any atom is -0.355 e. The molecule has 0 aromatic carbocycles. The Bertz CT molecular complexity index is 534. The van der Waals surface area contributed by atoms with Crippen LogP contribution >= 0.6 is 22.7 Å². The van der Waals surface area contributed by atoms with Crippen LogP contribution in [0.5, 0.6) is 0 Å². The molecule has 0 bridgehead atoms. The molecular weight excluding hydrogens is 288 g/mol. The number of thiophene rings is 2. The third-order valence-electron chi connectivity index (χ3n) is 3.07. The molecule has 2 aromatic heterocycles. The number of rotatable bonds is 7. The van der Waals surface area contributed by atoms with Gasteiger partial charge in [-0.05, 0) is 48.8 Å². The van der Waals surface area contributed by atoms with E-state index >= 15 is 0 Å². The second-order valence-corrected chi connectivity index (χ2v) is 6.91. The zero-order chi connectivity index (χ0) is 14.4. The van der Waals surface area contributed by atoms with E-state index in [1.165, 1.54) is 15.3 Å². The van der Waals surface area contributed by atoms with Crippen LogP contribution in [0, 0.1) is 6.92 Å². The first-order chi connectivity index (χ1) is 9.65. The largest absolute Gasteiger partial charge is 0.355 e. The summed E-state index contributed by atoms with van der Waals surface area (Å²) in [5.41, 5.74) is 1.31. The molecule has 0 radical (unpaired) electrons. The highest BCUT2D eigenvalue weighted by atomic mass is 32.1. The van der Waals surface area contributed by atoms with Crippen LogP contribution in [0.15, 0.2) is 29.0 Å². The van der Waals surface area contributed by atoms with E-state index < -0.39 is 0 Å². The van der Waals surface area contributed by atoms with Crippen LogP contribution in [0.25, 0.3) is 0 Å². The van der Waals surface area contributed by atoms with Crippen LogP contribution in [0.2, 0.25) is 0 Å². The predicted octanol–water partition coefficient (Wildman–Crippen LogP) is 2.91. The van der Waals surface area contributed by atoms with Gasteiger partial charge < -0.3 is 5.32 Å². The summed E-state index contributed by atoms with van der Waals surface area (Å²) in [5.74, 6) is 0.0956. The number of hydrogen-bond acceptors (Lipinski definition) is 4. The molecule has 20 heavy (non-hydrogen) atoms. The van der Waals surface area contributed by atoms with Crippen molar-refractivity contribution in [3.05, 3.63) is 44.3 Å². The first kappa shape index (κ1) is 15.2. The number of carbonyl (C=O) groups excluding carboxylic acids is 1. The third kappa shape index (κ3) is 4.74. The number of amides is 1. The van der Waals surface area contributed by atoms with Crippen LogP contribution in [0.1, 0.15) is 15.3 Å². The van der Waals surface area contributed by atoms with Crippen molar-refractivity contribution >= 4 is 28.6 Å². The molecule has 2 heterocycles. The molecule has 0 aliphatic carbocycles. The van der Waals surface area contributed by atoms with Crippen LogP contribution in [-0.2, 0) is 17.8 Å². The maximum atomic E-state index is 11.8. The van der Waals surface area contributed by atoms with Crippen molar-refractivity contribution in [1.29, 1.82) is 0 Å². The van der Waals surface area contributed by atoms with E-state index in [0.29, 0.717) is 13.1 Å². The van der Waals surface area contributed by atoms with Crippen molar-refractivity contribution in [2.45, 2.75) is 19.9 Å². The molecule has 1 amide bonds. The second-order valence-electron chi connectivity index (χ2n) is 4.88. The Balaban J connectivity index is 1.67. The summed E-state index contributed by atoms with van der Waals surface area (Å²) in [5, 5.41) is 7.14.